The summed E-state index contributed by atoms with van der Waals surface area (Å²) in [6.07, 6.45) is 3.50. The van der Waals surface area contributed by atoms with E-state index in [0.29, 0.717) is 16.6 Å². The van der Waals surface area contributed by atoms with Crippen LogP contribution in [0.1, 0.15) is 17.7 Å². The van der Waals surface area contributed by atoms with Crippen LogP contribution >= 0.6 is 0 Å². The first-order chi connectivity index (χ1) is 12.3. The number of hydrogen-bond acceptors (Lipinski definition) is 6. The second-order valence-electron chi connectivity index (χ2n) is 5.83. The molecule has 1 aliphatic carbocycles. The largest absolute Gasteiger partial charge is 0.338 e. The number of nitrogens with zero attached hydrogens (tertiary/aromatic N) is 5. The van der Waals surface area contributed by atoms with E-state index in [-0.39, 0.29) is 11.8 Å². The van der Waals surface area contributed by atoms with Crippen molar-refractivity contribution < 1.29 is 4.39 Å². The molecule has 0 radical (unpaired) electrons. The molecule has 0 saturated carbocycles. The lowest BCUT2D eigenvalue weighted by molar-refractivity contribution is 0.630. The van der Waals surface area contributed by atoms with E-state index >= 15 is 0 Å². The molecule has 0 unspecified atom stereocenters. The van der Waals surface area contributed by atoms with Crippen molar-refractivity contribution in [3.8, 4) is 0 Å². The Labute approximate surface area is 141 Å². The van der Waals surface area contributed by atoms with Crippen molar-refractivity contribution in [1.29, 1.82) is 0 Å². The summed E-state index contributed by atoms with van der Waals surface area (Å²) in [7, 11) is 0. The Morgan fingerprint density at radius 3 is 3.08 bits per heavy atom. The molecule has 5 rings (SSSR count). The predicted octanol–water partition coefficient (Wildman–Crippen LogP) is 2.80. The van der Waals surface area contributed by atoms with Gasteiger partial charge in [0.25, 0.3) is 5.95 Å². The average Bonchev–Trinajstić information content (AvgIpc) is 3.20. The second kappa shape index (κ2) is 5.30. The monoisotopic (exact) mass is 333 g/mol. The predicted molar refractivity (Wildman–Crippen MR) is 91.9 cm³/mol. The topological polar surface area (TPSA) is 91.7 Å². The molecule has 2 N–H and O–H groups in total. The molecular formula is C17H12FN7. The summed E-state index contributed by atoms with van der Waals surface area (Å²) in [4.78, 5) is 11.8. The molecule has 0 fully saturated rings. The first kappa shape index (κ1) is 14.0. The summed E-state index contributed by atoms with van der Waals surface area (Å²) in [5.41, 5.74) is 7.63. The maximum atomic E-state index is 13.4. The molecule has 122 valence electrons. The van der Waals surface area contributed by atoms with Gasteiger partial charge in [-0.05, 0) is 42.7 Å². The number of halogens is 1. The zero-order chi connectivity index (χ0) is 16.8. The molecule has 1 aromatic carbocycles. The summed E-state index contributed by atoms with van der Waals surface area (Å²) in [6.45, 7) is 0. The SMILES string of the molecule is Fc1ccc2[nH]c3nc(N/N=C4\CCc5cccnc54)nnc3c2c1. The zero-order valence-corrected chi connectivity index (χ0v) is 13.0. The number of H-pyrrole nitrogens is 1. The van der Waals surface area contributed by atoms with E-state index in [9.17, 15) is 4.39 Å². The van der Waals surface area contributed by atoms with Gasteiger partial charge in [-0.15, -0.1) is 10.2 Å². The number of rotatable bonds is 2. The minimum absolute atomic E-state index is 0.274. The van der Waals surface area contributed by atoms with Crippen LogP contribution in [0.4, 0.5) is 10.3 Å². The van der Waals surface area contributed by atoms with Gasteiger partial charge in [-0.2, -0.15) is 10.1 Å². The fraction of sp³-hybridized carbons (Fsp3) is 0.118. The summed E-state index contributed by atoms with van der Waals surface area (Å²) in [6, 6.07) is 8.44. The number of aromatic amines is 1. The van der Waals surface area contributed by atoms with Gasteiger partial charge < -0.3 is 4.98 Å². The molecule has 8 heteroatoms. The number of pyridine rings is 1. The van der Waals surface area contributed by atoms with Gasteiger partial charge in [0.05, 0.1) is 11.4 Å². The van der Waals surface area contributed by atoms with Gasteiger partial charge in [-0.25, -0.2) is 9.82 Å². The van der Waals surface area contributed by atoms with Crippen LogP contribution in [0.5, 0.6) is 0 Å². The highest BCUT2D eigenvalue weighted by molar-refractivity contribution is 6.04. The summed E-state index contributed by atoms with van der Waals surface area (Å²) >= 11 is 0. The molecule has 25 heavy (non-hydrogen) atoms. The van der Waals surface area contributed by atoms with E-state index in [0.717, 1.165) is 29.8 Å². The van der Waals surface area contributed by atoms with E-state index in [1.54, 1.807) is 12.3 Å². The zero-order valence-electron chi connectivity index (χ0n) is 13.0. The van der Waals surface area contributed by atoms with Crippen LogP contribution in [-0.2, 0) is 6.42 Å². The lowest BCUT2D eigenvalue weighted by Crippen LogP contribution is -2.04. The fourth-order valence-electron chi connectivity index (χ4n) is 3.09. The second-order valence-corrected chi connectivity index (χ2v) is 5.83. The Balaban J connectivity index is 1.50. The quantitative estimate of drug-likeness (QED) is 0.550. The van der Waals surface area contributed by atoms with Crippen molar-refractivity contribution in [3.63, 3.8) is 0 Å². The summed E-state index contributed by atoms with van der Waals surface area (Å²) in [5.74, 6) is -0.0485. The van der Waals surface area contributed by atoms with Gasteiger partial charge in [0.15, 0.2) is 5.65 Å². The lowest BCUT2D eigenvalue weighted by atomic mass is 10.2. The van der Waals surface area contributed by atoms with E-state index in [1.165, 1.54) is 17.7 Å². The van der Waals surface area contributed by atoms with Crippen molar-refractivity contribution in [1.82, 2.24) is 25.1 Å². The lowest BCUT2D eigenvalue weighted by Gasteiger charge is -2.00. The maximum Gasteiger partial charge on any atom is 0.265 e. The highest BCUT2D eigenvalue weighted by Crippen LogP contribution is 2.23. The van der Waals surface area contributed by atoms with Crippen LogP contribution in [0.3, 0.4) is 0 Å². The Morgan fingerprint density at radius 2 is 2.12 bits per heavy atom. The Morgan fingerprint density at radius 1 is 1.16 bits per heavy atom. The van der Waals surface area contributed by atoms with E-state index < -0.39 is 0 Å². The fourth-order valence-corrected chi connectivity index (χ4v) is 3.09. The van der Waals surface area contributed by atoms with Gasteiger partial charge in [0, 0.05) is 17.1 Å². The Bertz CT molecular complexity index is 1150. The van der Waals surface area contributed by atoms with Crippen molar-refractivity contribution in [2.75, 3.05) is 5.43 Å². The Kier molecular flexibility index (Phi) is 2.96. The number of benzene rings is 1. The number of hydrogen-bond donors (Lipinski definition) is 2. The van der Waals surface area contributed by atoms with E-state index in [1.807, 2.05) is 6.07 Å². The summed E-state index contributed by atoms with van der Waals surface area (Å²) < 4.78 is 13.4. The van der Waals surface area contributed by atoms with Crippen LogP contribution in [0, 0.1) is 5.82 Å². The molecule has 0 spiro atoms. The molecule has 0 amide bonds. The van der Waals surface area contributed by atoms with Gasteiger partial charge in [0.1, 0.15) is 11.3 Å². The number of anilines is 1. The number of nitrogens with one attached hydrogen (secondary N) is 2. The standard InChI is InChI=1S/C17H12FN7/c18-10-4-6-12-11(8-10)15-16(20-12)21-17(25-23-15)24-22-13-5-3-9-2-1-7-19-14(9)13/h1-2,4,6-8H,3,5H2,(H2,20,21,24,25)/b22-13+. The molecule has 7 nitrogen and oxygen atoms in total. The Hall–Kier alpha value is -3.42. The van der Waals surface area contributed by atoms with Gasteiger partial charge in [0.2, 0.25) is 0 Å². The summed E-state index contributed by atoms with van der Waals surface area (Å²) in [5, 5.41) is 13.2. The van der Waals surface area contributed by atoms with Crippen LogP contribution in [0.25, 0.3) is 22.1 Å². The average molecular weight is 333 g/mol. The number of hydrazone groups is 1. The molecule has 3 aromatic heterocycles. The third kappa shape index (κ3) is 2.30. The highest BCUT2D eigenvalue weighted by Gasteiger charge is 2.18. The van der Waals surface area contributed by atoms with Crippen LogP contribution in [0.15, 0.2) is 41.6 Å². The highest BCUT2D eigenvalue weighted by atomic mass is 19.1. The smallest absolute Gasteiger partial charge is 0.265 e. The first-order valence-electron chi connectivity index (χ1n) is 7.86. The number of aryl methyl sites for hydroxylation is 1. The minimum atomic E-state index is -0.323. The normalized spacial score (nSPS) is 15.2. The molecule has 4 aromatic rings. The third-order valence-corrected chi connectivity index (χ3v) is 4.26. The molecule has 0 aliphatic heterocycles. The van der Waals surface area contributed by atoms with Crippen LogP contribution in [-0.4, -0.2) is 30.9 Å². The van der Waals surface area contributed by atoms with Crippen LogP contribution < -0.4 is 5.43 Å². The van der Waals surface area contributed by atoms with Crippen molar-refractivity contribution in [3.05, 3.63) is 53.6 Å². The molecule has 1 aliphatic rings. The third-order valence-electron chi connectivity index (χ3n) is 4.26. The van der Waals surface area contributed by atoms with Gasteiger partial charge in [-0.1, -0.05) is 6.07 Å². The van der Waals surface area contributed by atoms with Gasteiger partial charge in [-0.3, -0.25) is 4.98 Å². The maximum absolute atomic E-state index is 13.4. The van der Waals surface area contributed by atoms with Gasteiger partial charge >= 0.3 is 0 Å². The molecule has 3 heterocycles. The molecule has 0 atom stereocenters. The van der Waals surface area contributed by atoms with Crippen molar-refractivity contribution in [2.45, 2.75) is 12.8 Å². The van der Waals surface area contributed by atoms with Crippen molar-refractivity contribution >= 4 is 33.7 Å². The first-order valence-corrected chi connectivity index (χ1v) is 7.86. The molecule has 0 bridgehead atoms. The van der Waals surface area contributed by atoms with E-state index in [4.69, 9.17) is 0 Å². The number of aromatic nitrogens is 5. The van der Waals surface area contributed by atoms with E-state index in [2.05, 4.69) is 41.7 Å². The van der Waals surface area contributed by atoms with Crippen LogP contribution in [0.2, 0.25) is 0 Å². The number of fused-ring (bicyclic) bond motifs is 4. The molecular weight excluding hydrogens is 321 g/mol. The van der Waals surface area contributed by atoms with Crippen molar-refractivity contribution in [2.24, 2.45) is 5.10 Å². The molecule has 0 saturated heterocycles. The minimum Gasteiger partial charge on any atom is -0.338 e.